The molecule has 1 fully saturated rings. The zero-order valence-electron chi connectivity index (χ0n) is 9.93. The molecule has 2 rings (SSSR count). The SMILES string of the molecule is CC1CCCNC1C(O)c1ccc(O)c(O)c1. The first-order valence-corrected chi connectivity index (χ1v) is 6.03. The molecule has 0 aliphatic carbocycles. The fourth-order valence-electron chi connectivity index (χ4n) is 2.43. The third kappa shape index (κ3) is 2.53. The van der Waals surface area contributed by atoms with Crippen molar-refractivity contribution < 1.29 is 15.3 Å². The quantitative estimate of drug-likeness (QED) is 0.588. The van der Waals surface area contributed by atoms with Crippen LogP contribution in [0.15, 0.2) is 18.2 Å². The highest BCUT2D eigenvalue weighted by molar-refractivity contribution is 5.41. The van der Waals surface area contributed by atoms with Crippen LogP contribution in [0.4, 0.5) is 0 Å². The lowest BCUT2D eigenvalue weighted by atomic mass is 9.86. The number of rotatable bonds is 2. The second-order valence-corrected chi connectivity index (χ2v) is 4.79. The standard InChI is InChI=1S/C13H19NO3/c1-8-3-2-6-14-12(8)13(17)9-4-5-10(15)11(16)7-9/h4-5,7-8,12-17H,2-3,6H2,1H3. The lowest BCUT2D eigenvalue weighted by Crippen LogP contribution is -2.44. The van der Waals surface area contributed by atoms with E-state index < -0.39 is 6.10 Å². The van der Waals surface area contributed by atoms with Crippen LogP contribution in [0, 0.1) is 5.92 Å². The van der Waals surface area contributed by atoms with Gasteiger partial charge in [-0.1, -0.05) is 13.0 Å². The number of aliphatic hydroxyl groups excluding tert-OH is 1. The third-order valence-electron chi connectivity index (χ3n) is 3.51. The van der Waals surface area contributed by atoms with Crippen molar-refractivity contribution in [3.63, 3.8) is 0 Å². The Morgan fingerprint density at radius 2 is 2.06 bits per heavy atom. The Morgan fingerprint density at radius 3 is 2.71 bits per heavy atom. The smallest absolute Gasteiger partial charge is 0.157 e. The molecule has 17 heavy (non-hydrogen) atoms. The molecule has 1 aliphatic rings. The highest BCUT2D eigenvalue weighted by atomic mass is 16.3. The molecule has 0 radical (unpaired) electrons. The second-order valence-electron chi connectivity index (χ2n) is 4.79. The predicted octanol–water partition coefficient (Wildman–Crippen LogP) is 1.52. The largest absolute Gasteiger partial charge is 0.504 e. The van der Waals surface area contributed by atoms with Crippen LogP contribution >= 0.6 is 0 Å². The van der Waals surface area contributed by atoms with Crippen molar-refractivity contribution in [2.45, 2.75) is 31.9 Å². The molecule has 0 aromatic heterocycles. The van der Waals surface area contributed by atoms with Crippen molar-refractivity contribution >= 4 is 0 Å². The third-order valence-corrected chi connectivity index (χ3v) is 3.51. The van der Waals surface area contributed by atoms with E-state index >= 15 is 0 Å². The molecule has 1 heterocycles. The van der Waals surface area contributed by atoms with Crippen LogP contribution in [0.5, 0.6) is 11.5 Å². The van der Waals surface area contributed by atoms with Crippen molar-refractivity contribution in [2.75, 3.05) is 6.54 Å². The van der Waals surface area contributed by atoms with Crippen LogP contribution in [0.25, 0.3) is 0 Å². The molecule has 1 aromatic rings. The summed E-state index contributed by atoms with van der Waals surface area (Å²) in [6.45, 7) is 3.02. The summed E-state index contributed by atoms with van der Waals surface area (Å²) in [4.78, 5) is 0. The Hall–Kier alpha value is -1.26. The van der Waals surface area contributed by atoms with Crippen molar-refractivity contribution in [3.8, 4) is 11.5 Å². The average Bonchev–Trinajstić information content (AvgIpc) is 2.32. The van der Waals surface area contributed by atoms with Crippen LogP contribution < -0.4 is 5.32 Å². The number of aromatic hydroxyl groups is 2. The van der Waals surface area contributed by atoms with E-state index in [1.807, 2.05) is 0 Å². The maximum absolute atomic E-state index is 10.3. The van der Waals surface area contributed by atoms with Crippen LogP contribution in [0.2, 0.25) is 0 Å². The summed E-state index contributed by atoms with van der Waals surface area (Å²) in [5.74, 6) is 0.0466. The molecule has 1 aromatic carbocycles. The van der Waals surface area contributed by atoms with Gasteiger partial charge in [-0.25, -0.2) is 0 Å². The minimum absolute atomic E-state index is 0.00712. The average molecular weight is 237 g/mol. The van der Waals surface area contributed by atoms with Gasteiger partial charge in [0.1, 0.15) is 0 Å². The van der Waals surface area contributed by atoms with E-state index in [4.69, 9.17) is 0 Å². The molecule has 94 valence electrons. The van der Waals surface area contributed by atoms with Crippen molar-refractivity contribution in [3.05, 3.63) is 23.8 Å². The number of benzene rings is 1. The van der Waals surface area contributed by atoms with E-state index in [0.29, 0.717) is 11.5 Å². The zero-order valence-corrected chi connectivity index (χ0v) is 9.93. The summed E-state index contributed by atoms with van der Waals surface area (Å²) in [6, 6.07) is 4.47. The summed E-state index contributed by atoms with van der Waals surface area (Å²) in [7, 11) is 0. The molecular formula is C13H19NO3. The number of hydrogen-bond acceptors (Lipinski definition) is 4. The van der Waals surface area contributed by atoms with Crippen LogP contribution in [-0.2, 0) is 0 Å². The lowest BCUT2D eigenvalue weighted by molar-refractivity contribution is 0.0857. The van der Waals surface area contributed by atoms with Gasteiger partial charge < -0.3 is 20.6 Å². The van der Waals surface area contributed by atoms with E-state index in [0.717, 1.165) is 19.4 Å². The number of phenolic OH excluding ortho intramolecular Hbond substituents is 2. The normalized spacial score (nSPS) is 26.7. The summed E-state index contributed by atoms with van der Waals surface area (Å²) in [6.07, 6.45) is 1.57. The van der Waals surface area contributed by atoms with E-state index in [-0.39, 0.29) is 17.5 Å². The Balaban J connectivity index is 2.17. The minimum atomic E-state index is -0.656. The van der Waals surface area contributed by atoms with Crippen LogP contribution in [0.3, 0.4) is 0 Å². The number of hydrogen-bond donors (Lipinski definition) is 4. The maximum Gasteiger partial charge on any atom is 0.157 e. The van der Waals surface area contributed by atoms with E-state index in [9.17, 15) is 15.3 Å². The van der Waals surface area contributed by atoms with Crippen LogP contribution in [0.1, 0.15) is 31.4 Å². The van der Waals surface area contributed by atoms with Gasteiger partial charge in [0.15, 0.2) is 11.5 Å². The van der Waals surface area contributed by atoms with Gasteiger partial charge in [0.2, 0.25) is 0 Å². The van der Waals surface area contributed by atoms with Gasteiger partial charge in [-0.3, -0.25) is 0 Å². The minimum Gasteiger partial charge on any atom is -0.504 e. The molecule has 4 heteroatoms. The van der Waals surface area contributed by atoms with Gasteiger partial charge in [0, 0.05) is 6.04 Å². The topological polar surface area (TPSA) is 72.7 Å². The maximum atomic E-state index is 10.3. The van der Waals surface area contributed by atoms with Crippen LogP contribution in [-0.4, -0.2) is 27.9 Å². The fraction of sp³-hybridized carbons (Fsp3) is 0.538. The van der Waals surface area contributed by atoms with Crippen molar-refractivity contribution in [2.24, 2.45) is 5.92 Å². The monoisotopic (exact) mass is 237 g/mol. The van der Waals surface area contributed by atoms with E-state index in [1.165, 1.54) is 12.1 Å². The first kappa shape index (κ1) is 12.2. The first-order chi connectivity index (χ1) is 8.09. The Kier molecular flexibility index (Phi) is 3.54. The molecule has 0 bridgehead atoms. The fourth-order valence-corrected chi connectivity index (χ4v) is 2.43. The Labute approximate surface area is 101 Å². The molecule has 0 amide bonds. The molecular weight excluding hydrogens is 218 g/mol. The summed E-state index contributed by atoms with van der Waals surface area (Å²) < 4.78 is 0. The van der Waals surface area contributed by atoms with Gasteiger partial charge in [0.05, 0.1) is 6.10 Å². The van der Waals surface area contributed by atoms with E-state index in [2.05, 4.69) is 12.2 Å². The zero-order chi connectivity index (χ0) is 12.4. The molecule has 0 spiro atoms. The Morgan fingerprint density at radius 1 is 1.29 bits per heavy atom. The molecule has 3 atom stereocenters. The highest BCUT2D eigenvalue weighted by Gasteiger charge is 2.28. The van der Waals surface area contributed by atoms with Crippen molar-refractivity contribution in [1.29, 1.82) is 0 Å². The second kappa shape index (κ2) is 4.94. The van der Waals surface area contributed by atoms with Crippen molar-refractivity contribution in [1.82, 2.24) is 5.32 Å². The van der Waals surface area contributed by atoms with Gasteiger partial charge in [-0.2, -0.15) is 0 Å². The molecule has 1 saturated heterocycles. The van der Waals surface area contributed by atoms with Gasteiger partial charge >= 0.3 is 0 Å². The van der Waals surface area contributed by atoms with Gasteiger partial charge in [-0.05, 0) is 43.0 Å². The summed E-state index contributed by atoms with van der Waals surface area (Å²) in [5.41, 5.74) is 0.631. The molecule has 0 saturated carbocycles. The molecule has 3 unspecified atom stereocenters. The number of aliphatic hydroxyl groups is 1. The molecule has 4 N–H and O–H groups in total. The van der Waals surface area contributed by atoms with Gasteiger partial charge in [-0.15, -0.1) is 0 Å². The lowest BCUT2D eigenvalue weighted by Gasteiger charge is -2.33. The number of phenols is 2. The number of piperidine rings is 1. The number of nitrogens with one attached hydrogen (secondary N) is 1. The summed E-state index contributed by atoms with van der Waals surface area (Å²) in [5, 5.41) is 32.3. The highest BCUT2D eigenvalue weighted by Crippen LogP contribution is 2.32. The molecule has 1 aliphatic heterocycles. The van der Waals surface area contributed by atoms with E-state index in [1.54, 1.807) is 6.07 Å². The van der Waals surface area contributed by atoms with Gasteiger partial charge in [0.25, 0.3) is 0 Å². The summed E-state index contributed by atoms with van der Waals surface area (Å²) >= 11 is 0. The first-order valence-electron chi connectivity index (χ1n) is 6.03. The molecule has 4 nitrogen and oxygen atoms in total. The predicted molar refractivity (Wildman–Crippen MR) is 64.9 cm³/mol. The Bertz CT molecular complexity index is 394.